The van der Waals surface area contributed by atoms with Crippen LogP contribution in [0.5, 0.6) is 5.75 Å². The third-order valence-corrected chi connectivity index (χ3v) is 8.36. The van der Waals surface area contributed by atoms with E-state index in [1.165, 1.54) is 4.90 Å². The zero-order chi connectivity index (χ0) is 29.5. The van der Waals surface area contributed by atoms with Crippen molar-refractivity contribution in [1.29, 1.82) is 0 Å². The molecule has 238 valence electrons. The molecule has 13 heteroatoms. The molecule has 2 amide bonds. The van der Waals surface area contributed by atoms with Crippen LogP contribution in [-0.2, 0) is 16.1 Å². The van der Waals surface area contributed by atoms with Crippen molar-refractivity contribution in [3.63, 3.8) is 0 Å². The van der Waals surface area contributed by atoms with E-state index in [1.54, 1.807) is 24.3 Å². The van der Waals surface area contributed by atoms with Crippen LogP contribution in [0.4, 0.5) is 0 Å². The number of nitrogens with zero attached hydrogens (tertiary/aromatic N) is 3. The van der Waals surface area contributed by atoms with E-state index in [4.69, 9.17) is 15.0 Å². The van der Waals surface area contributed by atoms with Gasteiger partial charge in [0.05, 0.1) is 34.5 Å². The molecule has 0 spiro atoms. The van der Waals surface area contributed by atoms with Gasteiger partial charge in [-0.3, -0.25) is 9.59 Å². The Labute approximate surface area is 269 Å². The fourth-order valence-electron chi connectivity index (χ4n) is 5.21. The molecule has 2 aromatic heterocycles. The maximum atomic E-state index is 13.7. The van der Waals surface area contributed by atoms with E-state index in [-0.39, 0.29) is 62.1 Å². The molecule has 4 N–H and O–H groups in total. The number of carbonyl (C=O) groups excluding carboxylic acids is 2. The number of amides is 2. The summed E-state index contributed by atoms with van der Waals surface area (Å²) in [5.74, 6) is -0.0858. The molecule has 1 saturated heterocycles. The molecule has 0 aliphatic carbocycles. The van der Waals surface area contributed by atoms with E-state index in [0.29, 0.717) is 30.4 Å². The fraction of sp³-hybridized carbons (Fsp3) is 0.533. The molecule has 4 rings (SSSR count). The van der Waals surface area contributed by atoms with Crippen LogP contribution in [0.1, 0.15) is 68.2 Å². The van der Waals surface area contributed by atoms with E-state index in [0.717, 1.165) is 41.0 Å². The first-order chi connectivity index (χ1) is 19.7. The Hall–Kier alpha value is -2.70. The van der Waals surface area contributed by atoms with Crippen LogP contribution in [0.15, 0.2) is 34.3 Å². The monoisotopic (exact) mass is 655 g/mol. The number of hydrogen-bond donors (Lipinski definition) is 3. The Morgan fingerprint density at radius 1 is 1.21 bits per heavy atom. The summed E-state index contributed by atoms with van der Waals surface area (Å²) < 4.78 is 11.6. The molecule has 0 saturated carbocycles. The van der Waals surface area contributed by atoms with Crippen LogP contribution in [0.3, 0.4) is 0 Å². The molecule has 1 aliphatic rings. The number of aliphatic hydroxyl groups is 1. The smallest absolute Gasteiger partial charge is 0.243 e. The van der Waals surface area contributed by atoms with Crippen LogP contribution < -0.4 is 15.8 Å². The number of likely N-dealkylation sites (tertiary alicyclic amines) is 1. The van der Waals surface area contributed by atoms with Crippen LogP contribution >= 0.6 is 36.2 Å². The topological polar surface area (TPSA) is 144 Å². The minimum Gasteiger partial charge on any atom is -0.493 e. The van der Waals surface area contributed by atoms with Crippen LogP contribution in [0.25, 0.3) is 10.4 Å². The van der Waals surface area contributed by atoms with Gasteiger partial charge < -0.3 is 30.3 Å². The van der Waals surface area contributed by atoms with E-state index in [2.05, 4.69) is 15.5 Å². The Morgan fingerprint density at radius 2 is 1.98 bits per heavy atom. The standard InChI is InChI=1S/C30H41N5O5S.2ClH/c1-18(2)27(26-12-19(3)34-40-26)30(38)35-16-23(36)14-24(35)29(37)32-15-22-9-8-21(28-20(4)33-17-41-28)13-25(22)39-11-7-5-6-10-31;;/h8-9,12-13,17-18,23-24,27,36H,5-7,10-11,14-16,31H2,1-4H3,(H,32,37);2*1H/t23-,24+,27?;;/m1../s1. The summed E-state index contributed by atoms with van der Waals surface area (Å²) in [4.78, 5) is 34.0. The van der Waals surface area contributed by atoms with Gasteiger partial charge in [-0.2, -0.15) is 0 Å². The highest BCUT2D eigenvalue weighted by molar-refractivity contribution is 7.13. The van der Waals surface area contributed by atoms with Gasteiger partial charge in [-0.1, -0.05) is 31.1 Å². The van der Waals surface area contributed by atoms with Crippen molar-refractivity contribution in [2.45, 2.75) is 78.0 Å². The number of aryl methyl sites for hydroxylation is 2. The maximum Gasteiger partial charge on any atom is 0.243 e. The summed E-state index contributed by atoms with van der Waals surface area (Å²) in [5, 5.41) is 17.4. The number of halogens is 2. The first-order valence-corrected chi connectivity index (χ1v) is 15.1. The molecule has 3 heterocycles. The Bertz CT molecular complexity index is 1330. The van der Waals surface area contributed by atoms with Gasteiger partial charge in [-0.15, -0.1) is 36.2 Å². The largest absolute Gasteiger partial charge is 0.493 e. The molecule has 0 bridgehead atoms. The SMILES string of the molecule is Cc1cc(C(C(=O)N2C[C@H](O)C[C@H]2C(=O)NCc2ccc(-c3scnc3C)cc2OCCCCCN)C(C)C)on1.Cl.Cl. The predicted octanol–water partition coefficient (Wildman–Crippen LogP) is 4.78. The van der Waals surface area contributed by atoms with Gasteiger partial charge in [0.15, 0.2) is 0 Å². The number of nitrogens with two attached hydrogens (primary N) is 1. The highest BCUT2D eigenvalue weighted by Crippen LogP contribution is 2.33. The first-order valence-electron chi connectivity index (χ1n) is 14.2. The molecule has 1 aromatic carbocycles. The number of carbonyl (C=O) groups is 2. The molecule has 10 nitrogen and oxygen atoms in total. The van der Waals surface area contributed by atoms with Crippen molar-refractivity contribution >= 4 is 48.0 Å². The lowest BCUT2D eigenvalue weighted by Crippen LogP contribution is -2.48. The minimum absolute atomic E-state index is 0. The number of benzene rings is 1. The summed E-state index contributed by atoms with van der Waals surface area (Å²) in [7, 11) is 0. The van der Waals surface area contributed by atoms with Crippen molar-refractivity contribution < 1.29 is 24.0 Å². The molecule has 1 aliphatic heterocycles. The van der Waals surface area contributed by atoms with Gasteiger partial charge in [0, 0.05) is 31.1 Å². The quantitative estimate of drug-likeness (QED) is 0.223. The summed E-state index contributed by atoms with van der Waals surface area (Å²) >= 11 is 1.57. The van der Waals surface area contributed by atoms with Gasteiger partial charge >= 0.3 is 0 Å². The average molecular weight is 657 g/mol. The zero-order valence-corrected chi connectivity index (χ0v) is 27.5. The number of nitrogens with one attached hydrogen (secondary N) is 1. The van der Waals surface area contributed by atoms with E-state index in [1.807, 2.05) is 44.5 Å². The predicted molar refractivity (Wildman–Crippen MR) is 172 cm³/mol. The first kappa shape index (κ1) is 36.5. The van der Waals surface area contributed by atoms with Crippen molar-refractivity contribution in [2.75, 3.05) is 19.7 Å². The number of aliphatic hydroxyl groups excluding tert-OH is 1. The summed E-state index contributed by atoms with van der Waals surface area (Å²) in [6, 6.07) is 6.91. The number of β-amino-alcohol motifs (C(OH)–C–C–N with tert-alkyl or cyclic N) is 1. The number of aromatic nitrogens is 2. The van der Waals surface area contributed by atoms with Crippen molar-refractivity contribution in [3.05, 3.63) is 52.5 Å². The summed E-state index contributed by atoms with van der Waals surface area (Å²) in [5.41, 5.74) is 10.9. The van der Waals surface area contributed by atoms with Gasteiger partial charge in [0.2, 0.25) is 11.8 Å². The van der Waals surface area contributed by atoms with E-state index >= 15 is 0 Å². The van der Waals surface area contributed by atoms with Crippen LogP contribution in [-0.4, -0.2) is 63.8 Å². The van der Waals surface area contributed by atoms with Gasteiger partial charge in [0.1, 0.15) is 23.5 Å². The summed E-state index contributed by atoms with van der Waals surface area (Å²) in [6.45, 7) is 9.14. The Kier molecular flexibility index (Phi) is 14.4. The van der Waals surface area contributed by atoms with Crippen molar-refractivity contribution in [1.82, 2.24) is 20.4 Å². The molecular weight excluding hydrogens is 613 g/mol. The van der Waals surface area contributed by atoms with Crippen LogP contribution in [0, 0.1) is 19.8 Å². The summed E-state index contributed by atoms with van der Waals surface area (Å²) in [6.07, 6.45) is 2.20. The third kappa shape index (κ3) is 9.15. The molecule has 1 fully saturated rings. The fourth-order valence-corrected chi connectivity index (χ4v) is 6.01. The van der Waals surface area contributed by atoms with Crippen molar-refractivity contribution in [2.24, 2.45) is 11.7 Å². The van der Waals surface area contributed by atoms with E-state index in [9.17, 15) is 14.7 Å². The molecule has 1 unspecified atom stereocenters. The number of unbranched alkanes of at least 4 members (excludes halogenated alkanes) is 2. The third-order valence-electron chi connectivity index (χ3n) is 7.38. The van der Waals surface area contributed by atoms with Gasteiger partial charge in [0.25, 0.3) is 0 Å². The lowest BCUT2D eigenvalue weighted by molar-refractivity contribution is -0.141. The second-order valence-electron chi connectivity index (χ2n) is 11.0. The van der Waals surface area contributed by atoms with Crippen LogP contribution in [0.2, 0.25) is 0 Å². The number of ether oxygens (including phenoxy) is 1. The number of rotatable bonds is 13. The molecule has 0 radical (unpaired) electrons. The van der Waals surface area contributed by atoms with Crippen molar-refractivity contribution in [3.8, 4) is 16.2 Å². The second kappa shape index (κ2) is 17.0. The highest BCUT2D eigenvalue weighted by Gasteiger charge is 2.43. The highest BCUT2D eigenvalue weighted by atomic mass is 35.5. The molecule has 3 atom stereocenters. The maximum absolute atomic E-state index is 13.7. The van der Waals surface area contributed by atoms with Gasteiger partial charge in [-0.25, -0.2) is 4.98 Å². The molecular formula is C30H43Cl2N5O5S. The Morgan fingerprint density at radius 3 is 2.60 bits per heavy atom. The lowest BCUT2D eigenvalue weighted by atomic mass is 9.91. The number of hydrogen-bond acceptors (Lipinski definition) is 9. The van der Waals surface area contributed by atoms with Gasteiger partial charge in [-0.05, 0) is 57.2 Å². The Balaban J connectivity index is 0.00000323. The molecule has 43 heavy (non-hydrogen) atoms. The normalized spacial score (nSPS) is 16.9. The number of thiazole rings is 1. The van der Waals surface area contributed by atoms with E-state index < -0.39 is 18.1 Å². The lowest BCUT2D eigenvalue weighted by Gasteiger charge is -2.28. The second-order valence-corrected chi connectivity index (χ2v) is 11.8. The molecule has 3 aromatic rings. The average Bonchev–Trinajstić information content (AvgIpc) is 3.67. The zero-order valence-electron chi connectivity index (χ0n) is 25.1. The minimum atomic E-state index is -0.789.